The maximum atomic E-state index is 12.2. The number of Topliss-reactive ketones (excluding diaryl/α,β-unsaturated/α-hetero) is 1. The van der Waals surface area contributed by atoms with Gasteiger partial charge in [0.2, 0.25) is 0 Å². The molecule has 0 bridgehead atoms. The maximum Gasteiger partial charge on any atom is 0.250 e. The Morgan fingerprint density at radius 2 is 2.00 bits per heavy atom. The van der Waals surface area contributed by atoms with Gasteiger partial charge < -0.3 is 10.7 Å². The van der Waals surface area contributed by atoms with Gasteiger partial charge in [0.25, 0.3) is 5.91 Å². The van der Waals surface area contributed by atoms with E-state index in [2.05, 4.69) is 9.97 Å². The molecule has 1 heterocycles. The number of fused-ring (bicyclic) bond motifs is 1. The molecule has 0 fully saturated rings. The highest BCUT2D eigenvalue weighted by molar-refractivity contribution is 7.99. The van der Waals surface area contributed by atoms with Gasteiger partial charge in [-0.05, 0) is 25.1 Å². The number of para-hydroxylation sites is 1. The average Bonchev–Trinajstić information content (AvgIpc) is 2.95. The Morgan fingerprint density at radius 1 is 1.22 bits per heavy atom. The van der Waals surface area contributed by atoms with E-state index >= 15 is 0 Å². The molecule has 1 amide bonds. The average molecular weight is 325 g/mol. The van der Waals surface area contributed by atoms with Gasteiger partial charge in [0, 0.05) is 5.56 Å². The van der Waals surface area contributed by atoms with Crippen LogP contribution < -0.4 is 5.73 Å². The number of imidazole rings is 1. The van der Waals surface area contributed by atoms with Gasteiger partial charge in [-0.15, -0.1) is 0 Å². The van der Waals surface area contributed by atoms with Gasteiger partial charge in [-0.3, -0.25) is 9.59 Å². The van der Waals surface area contributed by atoms with E-state index in [1.54, 1.807) is 18.2 Å². The Bertz CT molecular complexity index is 902. The number of amides is 1. The summed E-state index contributed by atoms with van der Waals surface area (Å²) in [6, 6.07) is 12.7. The number of carbonyl (C=O) groups excluding carboxylic acids is 2. The molecule has 0 radical (unpaired) electrons. The summed E-state index contributed by atoms with van der Waals surface area (Å²) in [5.74, 6) is -0.210. The number of hydrogen-bond donors (Lipinski definition) is 2. The number of benzene rings is 2. The molecule has 0 aliphatic heterocycles. The summed E-state index contributed by atoms with van der Waals surface area (Å²) in [4.78, 5) is 31.1. The van der Waals surface area contributed by atoms with Crippen LogP contribution in [-0.2, 0) is 0 Å². The number of ketones is 1. The van der Waals surface area contributed by atoms with Gasteiger partial charge in [0.05, 0.1) is 16.8 Å². The van der Waals surface area contributed by atoms with Crippen molar-refractivity contribution in [1.29, 1.82) is 0 Å². The number of thioether (sulfide) groups is 1. The van der Waals surface area contributed by atoms with Crippen LogP contribution in [0.4, 0.5) is 0 Å². The number of nitrogens with one attached hydrogen (secondary N) is 1. The fraction of sp³-hybridized carbons (Fsp3) is 0.118. The van der Waals surface area contributed by atoms with E-state index in [1.807, 2.05) is 31.2 Å². The molecule has 0 aliphatic carbocycles. The number of primary amides is 1. The molecule has 23 heavy (non-hydrogen) atoms. The molecule has 2 aromatic carbocycles. The smallest absolute Gasteiger partial charge is 0.250 e. The van der Waals surface area contributed by atoms with E-state index in [4.69, 9.17) is 5.73 Å². The van der Waals surface area contributed by atoms with Crippen molar-refractivity contribution >= 4 is 34.5 Å². The monoisotopic (exact) mass is 325 g/mol. The minimum absolute atomic E-state index is 0.0364. The third-order valence-corrected chi connectivity index (χ3v) is 4.31. The standard InChI is InChI=1S/C17H15N3O2S/c1-10-4-2-5-11(8-10)14(21)9-23-17-19-13-7-3-6-12(16(18)22)15(13)20-17/h2-8H,9H2,1H3,(H2,18,22)(H,19,20). The number of nitrogens with zero attached hydrogens (tertiary/aromatic N) is 1. The lowest BCUT2D eigenvalue weighted by Gasteiger charge is -2.00. The number of hydrogen-bond acceptors (Lipinski definition) is 4. The van der Waals surface area contributed by atoms with Gasteiger partial charge in [0.1, 0.15) is 5.52 Å². The number of rotatable bonds is 5. The first-order valence-corrected chi connectivity index (χ1v) is 8.04. The Labute approximate surface area is 137 Å². The first kappa shape index (κ1) is 15.3. The van der Waals surface area contributed by atoms with Gasteiger partial charge in [0.15, 0.2) is 10.9 Å². The van der Waals surface area contributed by atoms with Crippen LogP contribution in [0.15, 0.2) is 47.6 Å². The zero-order valence-electron chi connectivity index (χ0n) is 12.5. The van der Waals surface area contributed by atoms with E-state index in [-0.39, 0.29) is 11.5 Å². The molecule has 1 aromatic heterocycles. The summed E-state index contributed by atoms with van der Waals surface area (Å²) in [6.45, 7) is 1.95. The molecule has 0 spiro atoms. The Balaban J connectivity index is 1.78. The first-order valence-electron chi connectivity index (χ1n) is 7.06. The minimum atomic E-state index is -0.519. The summed E-state index contributed by atoms with van der Waals surface area (Å²) in [7, 11) is 0. The van der Waals surface area contributed by atoms with Crippen LogP contribution in [0.2, 0.25) is 0 Å². The van der Waals surface area contributed by atoms with Crippen LogP contribution in [0.3, 0.4) is 0 Å². The van der Waals surface area contributed by atoms with Crippen LogP contribution in [0.25, 0.3) is 11.0 Å². The van der Waals surface area contributed by atoms with Crippen LogP contribution in [-0.4, -0.2) is 27.4 Å². The predicted molar refractivity (Wildman–Crippen MR) is 90.8 cm³/mol. The summed E-state index contributed by atoms with van der Waals surface area (Å²) in [5, 5.41) is 0.592. The SMILES string of the molecule is Cc1cccc(C(=O)CSc2nc3c(C(N)=O)cccc3[nH]2)c1. The lowest BCUT2D eigenvalue weighted by atomic mass is 10.1. The van der Waals surface area contributed by atoms with Crippen LogP contribution in [0.5, 0.6) is 0 Å². The number of aromatic nitrogens is 2. The highest BCUT2D eigenvalue weighted by Gasteiger charge is 2.13. The van der Waals surface area contributed by atoms with Crippen molar-refractivity contribution in [3.8, 4) is 0 Å². The molecule has 116 valence electrons. The Morgan fingerprint density at radius 3 is 2.74 bits per heavy atom. The maximum absolute atomic E-state index is 12.2. The molecule has 3 rings (SSSR count). The largest absolute Gasteiger partial charge is 0.366 e. The molecule has 5 nitrogen and oxygen atoms in total. The summed E-state index contributed by atoms with van der Waals surface area (Å²) < 4.78 is 0. The van der Waals surface area contributed by atoms with Crippen molar-refractivity contribution in [1.82, 2.24) is 9.97 Å². The van der Waals surface area contributed by atoms with Crippen molar-refractivity contribution in [3.63, 3.8) is 0 Å². The van der Waals surface area contributed by atoms with Gasteiger partial charge in [-0.2, -0.15) is 0 Å². The fourth-order valence-corrected chi connectivity index (χ4v) is 3.08. The fourth-order valence-electron chi connectivity index (χ4n) is 2.31. The van der Waals surface area contributed by atoms with Gasteiger partial charge >= 0.3 is 0 Å². The topological polar surface area (TPSA) is 88.8 Å². The predicted octanol–water partition coefficient (Wildman–Crippen LogP) is 2.95. The molecule has 0 saturated carbocycles. The van der Waals surface area contributed by atoms with Crippen molar-refractivity contribution in [3.05, 3.63) is 59.2 Å². The second-order valence-electron chi connectivity index (χ2n) is 5.19. The minimum Gasteiger partial charge on any atom is -0.366 e. The zero-order chi connectivity index (χ0) is 16.4. The molecule has 0 saturated heterocycles. The molecule has 0 atom stereocenters. The number of nitrogens with two attached hydrogens (primary N) is 1. The van der Waals surface area contributed by atoms with Gasteiger partial charge in [-0.1, -0.05) is 41.6 Å². The number of H-pyrrole nitrogens is 1. The van der Waals surface area contributed by atoms with Crippen molar-refractivity contribution in [2.45, 2.75) is 12.1 Å². The second kappa shape index (κ2) is 6.26. The van der Waals surface area contributed by atoms with Gasteiger partial charge in [-0.25, -0.2) is 4.98 Å². The molecule has 6 heteroatoms. The molecular weight excluding hydrogens is 310 g/mol. The zero-order valence-corrected chi connectivity index (χ0v) is 13.3. The van der Waals surface area contributed by atoms with E-state index in [1.165, 1.54) is 11.8 Å². The summed E-state index contributed by atoms with van der Waals surface area (Å²) in [6.07, 6.45) is 0. The van der Waals surface area contributed by atoms with Crippen LogP contribution in [0, 0.1) is 6.92 Å². The Hall–Kier alpha value is -2.60. The second-order valence-corrected chi connectivity index (χ2v) is 6.15. The highest BCUT2D eigenvalue weighted by atomic mass is 32.2. The van der Waals surface area contributed by atoms with Crippen molar-refractivity contribution < 1.29 is 9.59 Å². The first-order chi connectivity index (χ1) is 11.0. The van der Waals surface area contributed by atoms with E-state index in [9.17, 15) is 9.59 Å². The summed E-state index contributed by atoms with van der Waals surface area (Å²) in [5.41, 5.74) is 8.72. The van der Waals surface area contributed by atoms with E-state index in [0.29, 0.717) is 21.8 Å². The number of carbonyl (C=O) groups is 2. The van der Waals surface area contributed by atoms with Crippen molar-refractivity contribution in [2.75, 3.05) is 5.75 Å². The third-order valence-electron chi connectivity index (χ3n) is 3.44. The third kappa shape index (κ3) is 3.27. The molecule has 0 unspecified atom stereocenters. The molecule has 3 aromatic rings. The number of aryl methyl sites for hydroxylation is 1. The van der Waals surface area contributed by atoms with E-state index < -0.39 is 5.91 Å². The Kier molecular flexibility index (Phi) is 4.16. The van der Waals surface area contributed by atoms with Crippen LogP contribution in [0.1, 0.15) is 26.3 Å². The number of aromatic amines is 1. The van der Waals surface area contributed by atoms with E-state index in [0.717, 1.165) is 11.1 Å². The quantitative estimate of drug-likeness (QED) is 0.557. The van der Waals surface area contributed by atoms with Crippen LogP contribution >= 0.6 is 11.8 Å². The molecular formula is C17H15N3O2S. The lowest BCUT2D eigenvalue weighted by molar-refractivity contribution is 0.0998. The summed E-state index contributed by atoms with van der Waals surface area (Å²) >= 11 is 1.31. The van der Waals surface area contributed by atoms with Crippen molar-refractivity contribution in [2.24, 2.45) is 5.73 Å². The lowest BCUT2D eigenvalue weighted by Crippen LogP contribution is -2.11. The normalized spacial score (nSPS) is 10.8. The highest BCUT2D eigenvalue weighted by Crippen LogP contribution is 2.22. The molecule has 0 aliphatic rings. The molecule has 3 N–H and O–H groups in total.